The van der Waals surface area contributed by atoms with Gasteiger partial charge in [0.1, 0.15) is 5.54 Å². The molecule has 6 heteroatoms. The van der Waals surface area contributed by atoms with Crippen molar-refractivity contribution in [3.8, 4) is 0 Å². The highest BCUT2D eigenvalue weighted by atomic mass is 16.5. The third-order valence-corrected chi connectivity index (χ3v) is 4.83. The van der Waals surface area contributed by atoms with Gasteiger partial charge in [-0.1, -0.05) is 6.08 Å². The summed E-state index contributed by atoms with van der Waals surface area (Å²) < 4.78 is 4.46. The summed E-state index contributed by atoms with van der Waals surface area (Å²) in [6.07, 6.45) is 5.45. The molecule has 3 rings (SSSR count). The molecule has 2 saturated carbocycles. The summed E-state index contributed by atoms with van der Waals surface area (Å²) in [6, 6.07) is 0. The second-order valence-corrected chi connectivity index (χ2v) is 5.85. The lowest BCUT2D eigenvalue weighted by Gasteiger charge is -2.30. The second kappa shape index (κ2) is 4.61. The summed E-state index contributed by atoms with van der Waals surface area (Å²) in [5.74, 6) is 0.0897. The van der Waals surface area contributed by atoms with E-state index in [9.17, 15) is 14.4 Å². The molecule has 2 bridgehead atoms. The zero-order valence-electron chi connectivity index (χ0n) is 11.3. The van der Waals surface area contributed by atoms with Crippen LogP contribution < -0.4 is 10.6 Å². The van der Waals surface area contributed by atoms with Gasteiger partial charge in [0, 0.05) is 24.5 Å². The molecule has 3 aliphatic rings. The summed E-state index contributed by atoms with van der Waals surface area (Å²) in [5, 5.41) is 5.69. The van der Waals surface area contributed by atoms with Crippen molar-refractivity contribution in [1.82, 2.24) is 10.6 Å². The molecule has 2 aliphatic carbocycles. The van der Waals surface area contributed by atoms with E-state index in [-0.39, 0.29) is 30.2 Å². The molecule has 0 radical (unpaired) electrons. The fraction of sp³-hybridized carbons (Fsp3) is 0.643. The minimum Gasteiger partial charge on any atom is -0.466 e. The van der Waals surface area contributed by atoms with Crippen molar-refractivity contribution >= 4 is 17.8 Å². The first-order valence-electron chi connectivity index (χ1n) is 6.91. The Balaban J connectivity index is 1.62. The Labute approximate surface area is 116 Å². The zero-order chi connectivity index (χ0) is 14.3. The van der Waals surface area contributed by atoms with E-state index >= 15 is 0 Å². The maximum absolute atomic E-state index is 12.4. The van der Waals surface area contributed by atoms with Crippen LogP contribution in [0.4, 0.5) is 0 Å². The van der Waals surface area contributed by atoms with E-state index in [1.54, 1.807) is 6.08 Å². The van der Waals surface area contributed by atoms with Crippen LogP contribution in [-0.2, 0) is 19.1 Å². The third-order valence-electron chi connectivity index (χ3n) is 4.83. The molecule has 1 aliphatic heterocycles. The van der Waals surface area contributed by atoms with E-state index in [1.807, 2.05) is 0 Å². The molecule has 0 aromatic carbocycles. The van der Waals surface area contributed by atoms with Crippen LogP contribution >= 0.6 is 0 Å². The number of esters is 1. The molecule has 3 fully saturated rings. The van der Waals surface area contributed by atoms with Crippen LogP contribution in [0.15, 0.2) is 12.2 Å². The number of amides is 2. The lowest BCUT2D eigenvalue weighted by Crippen LogP contribution is -2.56. The molecule has 0 spiro atoms. The van der Waals surface area contributed by atoms with Gasteiger partial charge < -0.3 is 15.4 Å². The summed E-state index contributed by atoms with van der Waals surface area (Å²) in [7, 11) is 1.30. The molecule has 1 saturated heterocycles. The molecule has 2 N–H and O–H groups in total. The van der Waals surface area contributed by atoms with E-state index in [1.165, 1.54) is 13.2 Å². The molecule has 0 aromatic heterocycles. The SMILES string of the molecule is COC(=O)/C=C/CNC(=O)C12CC3CC(C(=O)N1)C2C3. The number of hydrogen-bond acceptors (Lipinski definition) is 4. The average molecular weight is 278 g/mol. The van der Waals surface area contributed by atoms with Gasteiger partial charge >= 0.3 is 5.97 Å². The molecule has 4 atom stereocenters. The lowest BCUT2D eigenvalue weighted by atomic mass is 9.78. The zero-order valence-corrected chi connectivity index (χ0v) is 11.3. The Morgan fingerprint density at radius 2 is 2.30 bits per heavy atom. The standard InChI is InChI=1S/C14H18N2O4/c1-20-11(17)3-2-4-15-13(19)14-7-8-5-9(10(14)6-8)12(18)16-14/h2-3,8-10H,4-7H2,1H3,(H,15,19)(H,16,18)/b3-2+. The molecule has 20 heavy (non-hydrogen) atoms. The Bertz CT molecular complexity index is 501. The van der Waals surface area contributed by atoms with Crippen LogP contribution in [0, 0.1) is 17.8 Å². The van der Waals surface area contributed by atoms with Crippen LogP contribution in [0.25, 0.3) is 0 Å². The maximum atomic E-state index is 12.4. The van der Waals surface area contributed by atoms with Gasteiger partial charge in [-0.25, -0.2) is 4.79 Å². The number of ether oxygens (including phenoxy) is 1. The quantitative estimate of drug-likeness (QED) is 0.548. The van der Waals surface area contributed by atoms with Crippen LogP contribution in [-0.4, -0.2) is 37.0 Å². The number of carbonyl (C=O) groups excluding carboxylic acids is 3. The van der Waals surface area contributed by atoms with Crippen LogP contribution in [0.1, 0.15) is 19.3 Å². The van der Waals surface area contributed by atoms with Crippen molar-refractivity contribution in [2.24, 2.45) is 17.8 Å². The molecule has 2 amide bonds. The Hall–Kier alpha value is -1.85. The number of carbonyl (C=O) groups is 3. The first-order chi connectivity index (χ1) is 9.56. The van der Waals surface area contributed by atoms with Crippen molar-refractivity contribution in [3.05, 3.63) is 12.2 Å². The second-order valence-electron chi connectivity index (χ2n) is 5.85. The predicted octanol–water partition coefficient (Wildman–Crippen LogP) is -0.253. The Morgan fingerprint density at radius 1 is 1.50 bits per heavy atom. The number of hydrogen-bond donors (Lipinski definition) is 2. The topological polar surface area (TPSA) is 84.5 Å². The van der Waals surface area contributed by atoms with Crippen LogP contribution in [0.2, 0.25) is 0 Å². The van der Waals surface area contributed by atoms with E-state index in [0.29, 0.717) is 5.92 Å². The van der Waals surface area contributed by atoms with Crippen molar-refractivity contribution in [3.63, 3.8) is 0 Å². The van der Waals surface area contributed by atoms with E-state index < -0.39 is 11.5 Å². The summed E-state index contributed by atoms with van der Waals surface area (Å²) in [5.41, 5.74) is -0.705. The monoisotopic (exact) mass is 278 g/mol. The molecular formula is C14H18N2O4. The Kier molecular flexibility index (Phi) is 3.03. The normalized spacial score (nSPS) is 37.2. The van der Waals surface area contributed by atoms with E-state index in [0.717, 1.165) is 19.3 Å². The van der Waals surface area contributed by atoms with Crippen molar-refractivity contribution in [1.29, 1.82) is 0 Å². The Morgan fingerprint density at radius 3 is 3.00 bits per heavy atom. The molecule has 1 heterocycles. The average Bonchev–Trinajstić information content (AvgIpc) is 3.03. The fourth-order valence-electron chi connectivity index (χ4n) is 4.06. The number of methoxy groups -OCH3 is 1. The van der Waals surface area contributed by atoms with Gasteiger partial charge in [-0.05, 0) is 25.2 Å². The van der Waals surface area contributed by atoms with E-state index in [4.69, 9.17) is 0 Å². The van der Waals surface area contributed by atoms with Gasteiger partial charge in [0.05, 0.1) is 7.11 Å². The van der Waals surface area contributed by atoms with Gasteiger partial charge in [0.25, 0.3) is 0 Å². The number of nitrogens with one attached hydrogen (secondary N) is 2. The van der Waals surface area contributed by atoms with Crippen LogP contribution in [0.5, 0.6) is 0 Å². The van der Waals surface area contributed by atoms with Gasteiger partial charge in [0.15, 0.2) is 0 Å². The summed E-state index contributed by atoms with van der Waals surface area (Å²) >= 11 is 0. The number of fused-ring (bicyclic) bond motifs is 1. The minimum atomic E-state index is -0.705. The number of rotatable bonds is 4. The maximum Gasteiger partial charge on any atom is 0.330 e. The first kappa shape index (κ1) is 13.1. The molecule has 108 valence electrons. The van der Waals surface area contributed by atoms with Crippen molar-refractivity contribution in [2.75, 3.05) is 13.7 Å². The highest BCUT2D eigenvalue weighted by molar-refractivity contribution is 5.97. The largest absolute Gasteiger partial charge is 0.466 e. The van der Waals surface area contributed by atoms with E-state index in [2.05, 4.69) is 15.4 Å². The third kappa shape index (κ3) is 1.82. The minimum absolute atomic E-state index is 0.0186. The first-order valence-corrected chi connectivity index (χ1v) is 6.91. The summed E-state index contributed by atoms with van der Waals surface area (Å²) in [4.78, 5) is 35.2. The molecule has 4 unspecified atom stereocenters. The van der Waals surface area contributed by atoms with Gasteiger partial charge in [-0.3, -0.25) is 9.59 Å². The van der Waals surface area contributed by atoms with Gasteiger partial charge in [0.2, 0.25) is 11.8 Å². The highest BCUT2D eigenvalue weighted by Crippen LogP contribution is 2.57. The van der Waals surface area contributed by atoms with Crippen molar-refractivity contribution < 1.29 is 19.1 Å². The van der Waals surface area contributed by atoms with Gasteiger partial charge in [-0.15, -0.1) is 0 Å². The highest BCUT2D eigenvalue weighted by Gasteiger charge is 2.66. The summed E-state index contributed by atoms with van der Waals surface area (Å²) in [6.45, 7) is 0.258. The smallest absolute Gasteiger partial charge is 0.330 e. The molecular weight excluding hydrogens is 260 g/mol. The van der Waals surface area contributed by atoms with Gasteiger partial charge in [-0.2, -0.15) is 0 Å². The fourth-order valence-corrected chi connectivity index (χ4v) is 4.06. The van der Waals surface area contributed by atoms with Crippen molar-refractivity contribution in [2.45, 2.75) is 24.8 Å². The van der Waals surface area contributed by atoms with Crippen LogP contribution in [0.3, 0.4) is 0 Å². The lowest BCUT2D eigenvalue weighted by molar-refractivity contribution is -0.135. The molecule has 0 aromatic rings. The molecule has 6 nitrogen and oxygen atoms in total. The predicted molar refractivity (Wildman–Crippen MR) is 69.4 cm³/mol.